The Morgan fingerprint density at radius 1 is 1.18 bits per heavy atom. The highest BCUT2D eigenvalue weighted by atomic mass is 35.5. The van der Waals surface area contributed by atoms with E-state index in [0.717, 1.165) is 17.9 Å². The van der Waals surface area contributed by atoms with Crippen molar-refractivity contribution in [3.05, 3.63) is 53.1 Å². The van der Waals surface area contributed by atoms with Gasteiger partial charge in [0.15, 0.2) is 0 Å². The highest BCUT2D eigenvalue weighted by Gasteiger charge is 2.09. The van der Waals surface area contributed by atoms with Crippen LogP contribution in [0.3, 0.4) is 0 Å². The molecule has 2 rings (SSSR count). The monoisotopic (exact) mass is 319 g/mol. The molecule has 0 radical (unpaired) electrons. The molecule has 22 heavy (non-hydrogen) atoms. The third-order valence-electron chi connectivity index (χ3n) is 3.43. The SMILES string of the molecule is CCC(CNc1ccc(OC)c(Cl)c1)Oc1cccc(C)c1. The summed E-state index contributed by atoms with van der Waals surface area (Å²) in [7, 11) is 1.61. The number of rotatable bonds is 7. The van der Waals surface area contributed by atoms with Gasteiger partial charge in [0.1, 0.15) is 17.6 Å². The first kappa shape index (κ1) is 16.5. The van der Waals surface area contributed by atoms with Crippen LogP contribution in [0, 0.1) is 6.92 Å². The summed E-state index contributed by atoms with van der Waals surface area (Å²) in [5.41, 5.74) is 2.15. The molecule has 4 heteroatoms. The van der Waals surface area contributed by atoms with Gasteiger partial charge in [0.25, 0.3) is 0 Å². The van der Waals surface area contributed by atoms with Gasteiger partial charge in [0.05, 0.1) is 18.7 Å². The summed E-state index contributed by atoms with van der Waals surface area (Å²) in [4.78, 5) is 0. The van der Waals surface area contributed by atoms with Gasteiger partial charge in [0, 0.05) is 5.69 Å². The Kier molecular flexibility index (Phi) is 5.96. The standard InChI is InChI=1S/C18H22ClNO2/c1-4-15(22-16-7-5-6-13(2)10-16)12-20-14-8-9-18(21-3)17(19)11-14/h5-11,15,20H,4,12H2,1-3H3. The highest BCUT2D eigenvalue weighted by Crippen LogP contribution is 2.27. The van der Waals surface area contributed by atoms with E-state index in [4.69, 9.17) is 21.1 Å². The van der Waals surface area contributed by atoms with Gasteiger partial charge in [-0.25, -0.2) is 0 Å². The van der Waals surface area contributed by atoms with Crippen molar-refractivity contribution in [2.45, 2.75) is 26.4 Å². The minimum absolute atomic E-state index is 0.0997. The van der Waals surface area contributed by atoms with Crippen molar-refractivity contribution in [1.82, 2.24) is 0 Å². The molecule has 0 aliphatic heterocycles. The largest absolute Gasteiger partial charge is 0.495 e. The summed E-state index contributed by atoms with van der Waals surface area (Å²) >= 11 is 6.13. The number of aryl methyl sites for hydroxylation is 1. The molecule has 0 aliphatic rings. The van der Waals surface area contributed by atoms with Gasteiger partial charge in [0.2, 0.25) is 0 Å². The molecule has 2 aromatic rings. The van der Waals surface area contributed by atoms with E-state index < -0.39 is 0 Å². The topological polar surface area (TPSA) is 30.5 Å². The second-order valence-electron chi connectivity index (χ2n) is 5.19. The van der Waals surface area contributed by atoms with Crippen LogP contribution >= 0.6 is 11.6 Å². The van der Waals surface area contributed by atoms with Crippen molar-refractivity contribution < 1.29 is 9.47 Å². The number of halogens is 1. The molecule has 0 bridgehead atoms. The molecule has 0 spiro atoms. The molecule has 2 aromatic carbocycles. The first-order chi connectivity index (χ1) is 10.6. The molecule has 1 unspecified atom stereocenters. The third kappa shape index (κ3) is 4.57. The van der Waals surface area contributed by atoms with Gasteiger partial charge < -0.3 is 14.8 Å². The van der Waals surface area contributed by atoms with Gasteiger partial charge in [-0.3, -0.25) is 0 Å². The predicted octanol–water partition coefficient (Wildman–Crippen LogP) is 4.93. The van der Waals surface area contributed by atoms with Crippen molar-refractivity contribution in [3.63, 3.8) is 0 Å². The fraction of sp³-hybridized carbons (Fsp3) is 0.333. The molecule has 0 saturated heterocycles. The van der Waals surface area contributed by atoms with Gasteiger partial charge in [-0.2, -0.15) is 0 Å². The maximum Gasteiger partial charge on any atom is 0.137 e. The molecule has 0 amide bonds. The highest BCUT2D eigenvalue weighted by molar-refractivity contribution is 6.32. The van der Waals surface area contributed by atoms with Crippen LogP contribution in [-0.4, -0.2) is 19.8 Å². The van der Waals surface area contributed by atoms with Crippen LogP contribution in [0.25, 0.3) is 0 Å². The van der Waals surface area contributed by atoms with Gasteiger partial charge >= 0.3 is 0 Å². The van der Waals surface area contributed by atoms with Gasteiger partial charge in [-0.1, -0.05) is 30.7 Å². The number of nitrogens with one attached hydrogen (secondary N) is 1. The number of benzene rings is 2. The molecule has 0 fully saturated rings. The molecule has 0 heterocycles. The Morgan fingerprint density at radius 2 is 2.00 bits per heavy atom. The van der Waals surface area contributed by atoms with Gasteiger partial charge in [-0.05, 0) is 49.2 Å². The van der Waals surface area contributed by atoms with Crippen LogP contribution in [0.1, 0.15) is 18.9 Å². The number of hydrogen-bond acceptors (Lipinski definition) is 3. The lowest BCUT2D eigenvalue weighted by atomic mass is 10.2. The fourth-order valence-electron chi connectivity index (χ4n) is 2.16. The second-order valence-corrected chi connectivity index (χ2v) is 5.60. The number of ether oxygens (including phenoxy) is 2. The average molecular weight is 320 g/mol. The van der Waals surface area contributed by atoms with Crippen molar-refractivity contribution in [2.24, 2.45) is 0 Å². The van der Waals surface area contributed by atoms with Crippen LogP contribution in [-0.2, 0) is 0 Å². The van der Waals surface area contributed by atoms with Crippen LogP contribution in [0.15, 0.2) is 42.5 Å². The normalized spacial score (nSPS) is 11.8. The molecule has 0 saturated carbocycles. The van der Waals surface area contributed by atoms with Crippen LogP contribution < -0.4 is 14.8 Å². The summed E-state index contributed by atoms with van der Waals surface area (Å²) in [6, 6.07) is 13.8. The predicted molar refractivity (Wildman–Crippen MR) is 92.4 cm³/mol. The first-order valence-electron chi connectivity index (χ1n) is 7.43. The first-order valence-corrected chi connectivity index (χ1v) is 7.81. The van der Waals surface area contributed by atoms with Crippen molar-refractivity contribution in [2.75, 3.05) is 19.0 Å². The van der Waals surface area contributed by atoms with Crippen molar-refractivity contribution in [3.8, 4) is 11.5 Å². The van der Waals surface area contributed by atoms with Crippen LogP contribution in [0.4, 0.5) is 5.69 Å². The Balaban J connectivity index is 1.94. The summed E-state index contributed by atoms with van der Waals surface area (Å²) in [5.74, 6) is 1.58. The molecular weight excluding hydrogens is 298 g/mol. The summed E-state index contributed by atoms with van der Waals surface area (Å²) < 4.78 is 11.2. The zero-order chi connectivity index (χ0) is 15.9. The van der Waals surface area contributed by atoms with E-state index in [1.165, 1.54) is 5.56 Å². The Bertz CT molecular complexity index is 616. The lowest BCUT2D eigenvalue weighted by molar-refractivity contribution is 0.210. The van der Waals surface area contributed by atoms with E-state index in [1.54, 1.807) is 7.11 Å². The lowest BCUT2D eigenvalue weighted by Crippen LogP contribution is -2.25. The van der Waals surface area contributed by atoms with E-state index in [-0.39, 0.29) is 6.10 Å². The van der Waals surface area contributed by atoms with E-state index >= 15 is 0 Å². The van der Waals surface area contributed by atoms with Gasteiger partial charge in [-0.15, -0.1) is 0 Å². The van der Waals surface area contributed by atoms with E-state index in [0.29, 0.717) is 17.3 Å². The number of anilines is 1. The van der Waals surface area contributed by atoms with E-state index in [2.05, 4.69) is 25.2 Å². The Morgan fingerprint density at radius 3 is 2.64 bits per heavy atom. The summed E-state index contributed by atoms with van der Waals surface area (Å²) in [6.07, 6.45) is 1.02. The average Bonchev–Trinajstić information content (AvgIpc) is 2.51. The molecule has 118 valence electrons. The minimum Gasteiger partial charge on any atom is -0.495 e. The van der Waals surface area contributed by atoms with E-state index in [1.807, 2.05) is 36.4 Å². The quantitative estimate of drug-likeness (QED) is 0.785. The molecule has 1 atom stereocenters. The molecule has 0 aliphatic carbocycles. The Hall–Kier alpha value is -1.87. The van der Waals surface area contributed by atoms with E-state index in [9.17, 15) is 0 Å². The zero-order valence-electron chi connectivity index (χ0n) is 13.2. The maximum absolute atomic E-state index is 6.13. The lowest BCUT2D eigenvalue weighted by Gasteiger charge is -2.19. The Labute approximate surface area is 137 Å². The number of methoxy groups -OCH3 is 1. The van der Waals surface area contributed by atoms with Crippen LogP contribution in [0.2, 0.25) is 5.02 Å². The van der Waals surface area contributed by atoms with Crippen LogP contribution in [0.5, 0.6) is 11.5 Å². The summed E-state index contributed by atoms with van der Waals surface area (Å²) in [5, 5.41) is 3.96. The molecule has 3 nitrogen and oxygen atoms in total. The summed E-state index contributed by atoms with van der Waals surface area (Å²) in [6.45, 7) is 4.89. The molecular formula is C18H22ClNO2. The zero-order valence-corrected chi connectivity index (χ0v) is 14.0. The minimum atomic E-state index is 0.0997. The van der Waals surface area contributed by atoms with Crippen molar-refractivity contribution >= 4 is 17.3 Å². The second kappa shape index (κ2) is 7.95. The van der Waals surface area contributed by atoms with Crippen molar-refractivity contribution in [1.29, 1.82) is 0 Å². The third-order valence-corrected chi connectivity index (χ3v) is 3.73. The molecule has 0 aromatic heterocycles. The molecule has 1 N–H and O–H groups in total. The maximum atomic E-state index is 6.13. The fourth-order valence-corrected chi connectivity index (χ4v) is 2.42. The number of hydrogen-bond donors (Lipinski definition) is 1. The smallest absolute Gasteiger partial charge is 0.137 e.